The van der Waals surface area contributed by atoms with E-state index in [1.807, 2.05) is 30.4 Å². The summed E-state index contributed by atoms with van der Waals surface area (Å²) in [6, 6.07) is 0. The predicted molar refractivity (Wildman–Crippen MR) is 61.0 cm³/mol. The first kappa shape index (κ1) is 10.3. The summed E-state index contributed by atoms with van der Waals surface area (Å²) in [6.07, 6.45) is 13.7. The lowest BCUT2D eigenvalue weighted by atomic mass is 10.1. The molecule has 1 aliphatic carbocycles. The van der Waals surface area contributed by atoms with Gasteiger partial charge in [0.25, 0.3) is 0 Å². The van der Waals surface area contributed by atoms with Gasteiger partial charge in [0, 0.05) is 5.57 Å². The Bertz CT molecular complexity index is 351. The number of hydrogen-bond acceptors (Lipinski definition) is 1. The number of rotatable bonds is 1. The van der Waals surface area contributed by atoms with Crippen LogP contribution in [-0.2, 0) is 0 Å². The summed E-state index contributed by atoms with van der Waals surface area (Å²) in [4.78, 5) is 0. The number of aliphatic hydroxyl groups excluding tert-OH is 1. The van der Waals surface area contributed by atoms with Gasteiger partial charge < -0.3 is 5.11 Å². The van der Waals surface area contributed by atoms with E-state index in [2.05, 4.69) is 13.2 Å². The van der Waals surface area contributed by atoms with Crippen LogP contribution in [0.25, 0.3) is 0 Å². The van der Waals surface area contributed by atoms with E-state index in [9.17, 15) is 5.11 Å². The minimum absolute atomic E-state index is 0.202. The van der Waals surface area contributed by atoms with E-state index in [1.54, 1.807) is 12.2 Å². The fourth-order valence-corrected chi connectivity index (χ4v) is 1.06. The standard InChI is InChI=1S/C13H14O/c1-3-12-8-4-5-10-13(14)11(2)7-6-9-12/h3-7,9-10,14H,1-2,8H2/b5-4-,7-6-,12-9-,13-10+. The van der Waals surface area contributed by atoms with Crippen LogP contribution in [0.2, 0.25) is 0 Å². The summed E-state index contributed by atoms with van der Waals surface area (Å²) in [5.74, 6) is 0.202. The van der Waals surface area contributed by atoms with Crippen LogP contribution < -0.4 is 0 Å². The van der Waals surface area contributed by atoms with E-state index in [0.717, 1.165) is 12.0 Å². The fraction of sp³-hybridized carbons (Fsp3) is 0.0769. The van der Waals surface area contributed by atoms with Crippen molar-refractivity contribution in [1.82, 2.24) is 0 Å². The molecule has 14 heavy (non-hydrogen) atoms. The predicted octanol–water partition coefficient (Wildman–Crippen LogP) is 3.61. The molecular formula is C13H14O. The molecule has 1 nitrogen and oxygen atoms in total. The third-order valence-electron chi connectivity index (χ3n) is 1.94. The van der Waals surface area contributed by atoms with Gasteiger partial charge in [-0.25, -0.2) is 0 Å². The summed E-state index contributed by atoms with van der Waals surface area (Å²) < 4.78 is 0. The Morgan fingerprint density at radius 1 is 1.29 bits per heavy atom. The Morgan fingerprint density at radius 3 is 2.79 bits per heavy atom. The molecule has 0 radical (unpaired) electrons. The minimum Gasteiger partial charge on any atom is -0.507 e. The second kappa shape index (κ2) is 5.07. The monoisotopic (exact) mass is 186 g/mol. The van der Waals surface area contributed by atoms with Gasteiger partial charge in [-0.2, -0.15) is 0 Å². The van der Waals surface area contributed by atoms with Gasteiger partial charge in [-0.15, -0.1) is 0 Å². The molecule has 0 aromatic heterocycles. The molecule has 0 saturated heterocycles. The van der Waals surface area contributed by atoms with Gasteiger partial charge in [0.2, 0.25) is 0 Å². The third-order valence-corrected chi connectivity index (χ3v) is 1.94. The number of allylic oxidation sites excluding steroid dienone is 8. The molecule has 0 amide bonds. The lowest BCUT2D eigenvalue weighted by Gasteiger charge is -1.99. The summed E-state index contributed by atoms with van der Waals surface area (Å²) in [6.45, 7) is 7.45. The molecule has 0 aromatic rings. The van der Waals surface area contributed by atoms with Gasteiger partial charge >= 0.3 is 0 Å². The molecule has 1 rings (SSSR count). The molecule has 1 heteroatoms. The van der Waals surface area contributed by atoms with Crippen molar-refractivity contribution in [3.8, 4) is 0 Å². The average Bonchev–Trinajstić information content (AvgIpc) is 2.20. The molecule has 0 unspecified atom stereocenters. The Morgan fingerprint density at radius 2 is 2.07 bits per heavy atom. The molecular weight excluding hydrogens is 172 g/mol. The van der Waals surface area contributed by atoms with Crippen LogP contribution in [0.1, 0.15) is 6.42 Å². The third kappa shape index (κ3) is 2.94. The van der Waals surface area contributed by atoms with E-state index < -0.39 is 0 Å². The van der Waals surface area contributed by atoms with E-state index in [-0.39, 0.29) is 5.76 Å². The lowest BCUT2D eigenvalue weighted by molar-refractivity contribution is 0.427. The highest BCUT2D eigenvalue weighted by atomic mass is 16.3. The van der Waals surface area contributed by atoms with Crippen molar-refractivity contribution in [2.45, 2.75) is 6.42 Å². The Labute approximate surface area is 84.8 Å². The van der Waals surface area contributed by atoms with Gasteiger partial charge in [0.1, 0.15) is 5.76 Å². The molecule has 0 saturated carbocycles. The van der Waals surface area contributed by atoms with Crippen molar-refractivity contribution in [2.24, 2.45) is 0 Å². The van der Waals surface area contributed by atoms with E-state index in [0.29, 0.717) is 5.57 Å². The average molecular weight is 186 g/mol. The van der Waals surface area contributed by atoms with Crippen molar-refractivity contribution in [3.05, 3.63) is 72.6 Å². The normalized spacial score (nSPS) is 29.3. The highest BCUT2D eigenvalue weighted by molar-refractivity contribution is 5.38. The minimum atomic E-state index is 0.202. The molecule has 0 spiro atoms. The molecule has 0 bridgehead atoms. The van der Waals surface area contributed by atoms with Gasteiger partial charge in [-0.1, -0.05) is 49.6 Å². The zero-order valence-electron chi connectivity index (χ0n) is 8.11. The first-order valence-electron chi connectivity index (χ1n) is 4.49. The second-order valence-electron chi connectivity index (χ2n) is 3.01. The molecule has 72 valence electrons. The zero-order chi connectivity index (χ0) is 10.4. The highest BCUT2D eigenvalue weighted by Crippen LogP contribution is 2.10. The van der Waals surface area contributed by atoms with Crippen LogP contribution in [0.4, 0.5) is 0 Å². The van der Waals surface area contributed by atoms with Crippen molar-refractivity contribution >= 4 is 0 Å². The Balaban J connectivity index is 2.93. The van der Waals surface area contributed by atoms with Gasteiger partial charge in [-0.05, 0) is 18.1 Å². The van der Waals surface area contributed by atoms with E-state index >= 15 is 0 Å². The highest BCUT2D eigenvalue weighted by Gasteiger charge is 1.94. The first-order valence-corrected chi connectivity index (χ1v) is 4.49. The van der Waals surface area contributed by atoms with Gasteiger partial charge in [-0.3, -0.25) is 0 Å². The molecule has 0 fully saturated rings. The largest absolute Gasteiger partial charge is 0.507 e. The van der Waals surface area contributed by atoms with Crippen LogP contribution in [0.3, 0.4) is 0 Å². The van der Waals surface area contributed by atoms with Crippen LogP contribution >= 0.6 is 0 Å². The molecule has 0 heterocycles. The van der Waals surface area contributed by atoms with Crippen LogP contribution in [0.5, 0.6) is 0 Å². The molecule has 0 aliphatic heterocycles. The smallest absolute Gasteiger partial charge is 0.122 e. The SMILES string of the molecule is C=C/C1=C/C=C\C(=C)/C(O)=C\C=C/C1. The second-order valence-corrected chi connectivity index (χ2v) is 3.01. The quantitative estimate of drug-likeness (QED) is 0.663. The summed E-state index contributed by atoms with van der Waals surface area (Å²) in [5, 5.41) is 9.44. The van der Waals surface area contributed by atoms with Gasteiger partial charge in [0.05, 0.1) is 0 Å². The lowest BCUT2D eigenvalue weighted by Crippen LogP contribution is -1.83. The Hall–Kier alpha value is -1.76. The number of hydrogen-bond donors (Lipinski definition) is 1. The van der Waals surface area contributed by atoms with E-state index in [4.69, 9.17) is 0 Å². The maximum atomic E-state index is 9.44. The molecule has 0 aromatic carbocycles. The Kier molecular flexibility index (Phi) is 3.74. The maximum absolute atomic E-state index is 9.44. The first-order chi connectivity index (χ1) is 6.74. The fourth-order valence-electron chi connectivity index (χ4n) is 1.06. The van der Waals surface area contributed by atoms with Crippen molar-refractivity contribution in [3.63, 3.8) is 0 Å². The summed E-state index contributed by atoms with van der Waals surface area (Å²) in [5.41, 5.74) is 1.75. The van der Waals surface area contributed by atoms with Crippen LogP contribution in [0, 0.1) is 0 Å². The maximum Gasteiger partial charge on any atom is 0.122 e. The van der Waals surface area contributed by atoms with Gasteiger partial charge in [0.15, 0.2) is 0 Å². The van der Waals surface area contributed by atoms with Crippen molar-refractivity contribution in [1.29, 1.82) is 0 Å². The van der Waals surface area contributed by atoms with E-state index in [1.165, 1.54) is 0 Å². The summed E-state index contributed by atoms with van der Waals surface area (Å²) in [7, 11) is 0. The van der Waals surface area contributed by atoms with Crippen LogP contribution in [0.15, 0.2) is 72.6 Å². The zero-order valence-corrected chi connectivity index (χ0v) is 8.11. The molecule has 0 atom stereocenters. The number of aliphatic hydroxyl groups is 1. The summed E-state index contributed by atoms with van der Waals surface area (Å²) >= 11 is 0. The van der Waals surface area contributed by atoms with Crippen molar-refractivity contribution < 1.29 is 5.11 Å². The topological polar surface area (TPSA) is 20.2 Å². The molecule has 1 N–H and O–H groups in total. The molecule has 1 aliphatic rings. The van der Waals surface area contributed by atoms with Crippen LogP contribution in [-0.4, -0.2) is 5.11 Å². The van der Waals surface area contributed by atoms with Crippen molar-refractivity contribution in [2.75, 3.05) is 0 Å².